The average Bonchev–Trinajstić information content (AvgIpc) is 2.84. The minimum Gasteiger partial charge on any atom is -0.379 e. The number of aromatic nitrogens is 2. The van der Waals surface area contributed by atoms with Crippen LogP contribution in [0.15, 0.2) is 64.8 Å². The van der Waals surface area contributed by atoms with Gasteiger partial charge in [0.05, 0.1) is 29.3 Å². The van der Waals surface area contributed by atoms with Crippen molar-refractivity contribution in [1.29, 1.82) is 0 Å². The van der Waals surface area contributed by atoms with Crippen molar-refractivity contribution in [3.63, 3.8) is 0 Å². The standard InChI is InChI=1S/C23H23ClN4O4S2/c1-16-3-2-4-17(13-16)15-33-23-25-14-20(24)21(27-23)22(29)26-18-5-7-19(8-6-18)34(30,31)28-9-11-32-12-10-28/h2-8,13-14H,9-12,15H2,1H3,(H,26,29). The lowest BCUT2D eigenvalue weighted by Crippen LogP contribution is -2.40. The summed E-state index contributed by atoms with van der Waals surface area (Å²) in [7, 11) is -3.61. The van der Waals surface area contributed by atoms with Crippen molar-refractivity contribution >= 4 is 45.0 Å². The topological polar surface area (TPSA) is 101 Å². The highest BCUT2D eigenvalue weighted by Crippen LogP contribution is 2.24. The largest absolute Gasteiger partial charge is 0.379 e. The van der Waals surface area contributed by atoms with E-state index < -0.39 is 15.9 Å². The summed E-state index contributed by atoms with van der Waals surface area (Å²) in [5, 5.41) is 3.28. The molecule has 1 aromatic heterocycles. The summed E-state index contributed by atoms with van der Waals surface area (Å²) in [6.45, 7) is 3.41. The summed E-state index contributed by atoms with van der Waals surface area (Å²) in [6, 6.07) is 14.1. The maximum atomic E-state index is 12.8. The van der Waals surface area contributed by atoms with E-state index in [2.05, 4.69) is 21.4 Å². The second kappa shape index (κ2) is 10.8. The van der Waals surface area contributed by atoms with E-state index in [1.54, 1.807) is 0 Å². The SMILES string of the molecule is Cc1cccc(CSc2ncc(Cl)c(C(=O)Nc3ccc(S(=O)(=O)N4CCOCC4)cc3)n2)c1. The van der Waals surface area contributed by atoms with Gasteiger partial charge in [-0.15, -0.1) is 0 Å². The first-order valence-electron chi connectivity index (χ1n) is 10.5. The number of nitrogens with zero attached hydrogens (tertiary/aromatic N) is 3. The fourth-order valence-corrected chi connectivity index (χ4v) is 5.71. The Balaban J connectivity index is 1.43. The number of halogens is 1. The van der Waals surface area contributed by atoms with Gasteiger partial charge in [0.15, 0.2) is 10.9 Å². The molecule has 1 fully saturated rings. The van der Waals surface area contributed by atoms with Crippen LogP contribution in [0.3, 0.4) is 0 Å². The van der Waals surface area contributed by atoms with Gasteiger partial charge in [0.1, 0.15) is 0 Å². The smallest absolute Gasteiger partial charge is 0.275 e. The van der Waals surface area contributed by atoms with Gasteiger partial charge >= 0.3 is 0 Å². The van der Waals surface area contributed by atoms with E-state index in [9.17, 15) is 13.2 Å². The molecule has 2 aromatic carbocycles. The minimum absolute atomic E-state index is 0.0495. The maximum absolute atomic E-state index is 12.8. The van der Waals surface area contributed by atoms with Gasteiger partial charge < -0.3 is 10.1 Å². The van der Waals surface area contributed by atoms with Gasteiger partial charge in [0.25, 0.3) is 5.91 Å². The molecule has 2 heterocycles. The lowest BCUT2D eigenvalue weighted by atomic mass is 10.2. The Hall–Kier alpha value is -2.50. The highest BCUT2D eigenvalue weighted by atomic mass is 35.5. The van der Waals surface area contributed by atoms with Gasteiger partial charge in [-0.2, -0.15) is 4.31 Å². The molecule has 178 valence electrons. The Morgan fingerprint density at radius 1 is 1.18 bits per heavy atom. The van der Waals surface area contributed by atoms with Crippen molar-refractivity contribution in [2.75, 3.05) is 31.6 Å². The predicted molar refractivity (Wildman–Crippen MR) is 132 cm³/mol. The quantitative estimate of drug-likeness (QED) is 0.372. The molecular weight excluding hydrogens is 496 g/mol. The van der Waals surface area contributed by atoms with E-state index in [0.29, 0.717) is 42.9 Å². The summed E-state index contributed by atoms with van der Waals surface area (Å²) in [6.07, 6.45) is 1.40. The molecule has 4 rings (SSSR count). The van der Waals surface area contributed by atoms with E-state index in [4.69, 9.17) is 16.3 Å². The molecule has 8 nitrogen and oxygen atoms in total. The number of ether oxygens (including phenoxy) is 1. The summed E-state index contributed by atoms with van der Waals surface area (Å²) < 4.78 is 32.1. The third kappa shape index (κ3) is 5.94. The van der Waals surface area contributed by atoms with Crippen LogP contribution in [0.5, 0.6) is 0 Å². The molecule has 0 atom stereocenters. The summed E-state index contributed by atoms with van der Waals surface area (Å²) in [5.74, 6) is 0.150. The third-order valence-electron chi connectivity index (χ3n) is 5.11. The molecule has 0 spiro atoms. The van der Waals surface area contributed by atoms with Crippen LogP contribution in [0.2, 0.25) is 5.02 Å². The van der Waals surface area contributed by atoms with Crippen molar-refractivity contribution in [3.05, 3.63) is 76.6 Å². The first-order chi connectivity index (χ1) is 16.3. The fraction of sp³-hybridized carbons (Fsp3) is 0.261. The predicted octanol–water partition coefficient (Wildman–Crippen LogP) is 4.00. The second-order valence-electron chi connectivity index (χ2n) is 7.62. The first-order valence-corrected chi connectivity index (χ1v) is 13.3. The number of benzene rings is 2. The van der Waals surface area contributed by atoms with Crippen LogP contribution in [-0.4, -0.2) is 54.9 Å². The fourth-order valence-electron chi connectivity index (χ4n) is 3.37. The Morgan fingerprint density at radius 2 is 1.91 bits per heavy atom. The van der Waals surface area contributed by atoms with E-state index in [-0.39, 0.29) is 15.6 Å². The highest BCUT2D eigenvalue weighted by Gasteiger charge is 2.26. The zero-order valence-corrected chi connectivity index (χ0v) is 20.8. The number of hydrogen-bond acceptors (Lipinski definition) is 7. The summed E-state index contributed by atoms with van der Waals surface area (Å²) in [4.78, 5) is 21.5. The highest BCUT2D eigenvalue weighted by molar-refractivity contribution is 7.98. The van der Waals surface area contributed by atoms with E-state index >= 15 is 0 Å². The number of rotatable bonds is 7. The van der Waals surface area contributed by atoms with Gasteiger partial charge in [0, 0.05) is 24.5 Å². The van der Waals surface area contributed by atoms with E-state index in [1.807, 2.05) is 25.1 Å². The van der Waals surface area contributed by atoms with Gasteiger partial charge in [-0.05, 0) is 36.8 Å². The molecule has 0 unspecified atom stereocenters. The molecule has 1 aliphatic rings. The van der Waals surface area contributed by atoms with Crippen molar-refractivity contribution in [1.82, 2.24) is 14.3 Å². The molecule has 1 N–H and O–H groups in total. The van der Waals surface area contributed by atoms with Crippen LogP contribution >= 0.6 is 23.4 Å². The van der Waals surface area contributed by atoms with Gasteiger partial charge in [-0.25, -0.2) is 18.4 Å². The number of hydrogen-bond donors (Lipinski definition) is 1. The molecule has 1 amide bonds. The molecule has 0 saturated carbocycles. The normalized spacial score (nSPS) is 14.6. The molecule has 11 heteroatoms. The lowest BCUT2D eigenvalue weighted by Gasteiger charge is -2.26. The van der Waals surface area contributed by atoms with Crippen LogP contribution in [0.25, 0.3) is 0 Å². The molecule has 0 radical (unpaired) electrons. The molecule has 1 saturated heterocycles. The monoisotopic (exact) mass is 518 g/mol. The molecule has 0 bridgehead atoms. The van der Waals surface area contributed by atoms with Crippen molar-refractivity contribution in [2.24, 2.45) is 0 Å². The summed E-state index contributed by atoms with van der Waals surface area (Å²) in [5.41, 5.74) is 2.77. The maximum Gasteiger partial charge on any atom is 0.275 e. The zero-order chi connectivity index (χ0) is 24.1. The van der Waals surface area contributed by atoms with E-state index in [0.717, 1.165) is 5.56 Å². The summed E-state index contributed by atoms with van der Waals surface area (Å²) >= 11 is 7.58. The number of thioether (sulfide) groups is 1. The Morgan fingerprint density at radius 3 is 2.62 bits per heavy atom. The lowest BCUT2D eigenvalue weighted by molar-refractivity contribution is 0.0730. The first kappa shape index (κ1) is 24.6. The molecule has 34 heavy (non-hydrogen) atoms. The number of anilines is 1. The molecular formula is C23H23ClN4O4S2. The molecule has 3 aromatic rings. The van der Waals surface area contributed by atoms with Gasteiger partial charge in [0.2, 0.25) is 10.0 Å². The van der Waals surface area contributed by atoms with Crippen LogP contribution in [0.4, 0.5) is 5.69 Å². The number of carbonyl (C=O) groups is 1. The van der Waals surface area contributed by atoms with Crippen molar-refractivity contribution in [2.45, 2.75) is 22.7 Å². The van der Waals surface area contributed by atoms with Crippen LogP contribution in [-0.2, 0) is 20.5 Å². The van der Waals surface area contributed by atoms with Crippen LogP contribution in [0.1, 0.15) is 21.6 Å². The van der Waals surface area contributed by atoms with Crippen molar-refractivity contribution < 1.29 is 17.9 Å². The number of morpholine rings is 1. The Labute approximate surface area is 207 Å². The van der Waals surface area contributed by atoms with Gasteiger partial charge in [-0.3, -0.25) is 4.79 Å². The molecule has 1 aliphatic heterocycles. The van der Waals surface area contributed by atoms with Crippen molar-refractivity contribution in [3.8, 4) is 0 Å². The minimum atomic E-state index is -3.61. The van der Waals surface area contributed by atoms with E-state index in [1.165, 1.54) is 52.1 Å². The number of nitrogens with one attached hydrogen (secondary N) is 1. The average molecular weight is 519 g/mol. The Bertz CT molecular complexity index is 1280. The number of sulfonamides is 1. The van der Waals surface area contributed by atoms with Crippen LogP contribution in [0, 0.1) is 6.92 Å². The number of amides is 1. The third-order valence-corrected chi connectivity index (χ3v) is 8.23. The number of aryl methyl sites for hydroxylation is 1. The second-order valence-corrected chi connectivity index (χ2v) is 10.9. The zero-order valence-electron chi connectivity index (χ0n) is 18.4. The van der Waals surface area contributed by atoms with Gasteiger partial charge in [-0.1, -0.05) is 53.2 Å². The number of carbonyl (C=O) groups excluding carboxylic acids is 1. The van der Waals surface area contributed by atoms with Crippen LogP contribution < -0.4 is 5.32 Å². The Kier molecular flexibility index (Phi) is 7.84. The molecule has 0 aliphatic carbocycles.